The van der Waals surface area contributed by atoms with Crippen molar-refractivity contribution in [2.24, 2.45) is 0 Å². The van der Waals surface area contributed by atoms with Gasteiger partial charge in [0.05, 0.1) is 0 Å². The van der Waals surface area contributed by atoms with Crippen molar-refractivity contribution in [1.82, 2.24) is 0 Å². The second-order valence-corrected chi connectivity index (χ2v) is 0. The van der Waals surface area contributed by atoms with Crippen LogP contribution in [-0.4, -0.2) is 43.0 Å². The van der Waals surface area contributed by atoms with E-state index in [2.05, 4.69) is 0 Å². The number of rotatable bonds is 0. The van der Waals surface area contributed by atoms with Crippen LogP contribution in [-0.2, 0) is 4.79 Å². The van der Waals surface area contributed by atoms with E-state index in [1.807, 2.05) is 6.79 Å². The molecule has 0 bridgehead atoms. The molecular formula is CH6AlLiO. The third-order valence-corrected chi connectivity index (χ3v) is 0. The molecule has 0 amide bonds. The Labute approximate surface area is 48.1 Å². The van der Waals surface area contributed by atoms with E-state index in [0.717, 1.165) is 0 Å². The normalized spacial score (nSPS) is 1.00. The molecule has 0 saturated heterocycles. The molecule has 0 fully saturated rings. The monoisotopic (exact) mass is 68.0 g/mol. The number of carbonyl (C=O) groups is 1. The summed E-state index contributed by atoms with van der Waals surface area (Å²) >= 11 is 0. The molecule has 0 aromatic carbocycles. The van der Waals surface area contributed by atoms with E-state index in [-0.39, 0.29) is 36.2 Å². The fourth-order valence-corrected chi connectivity index (χ4v) is 0. The molecule has 4 heavy (non-hydrogen) atoms. The summed E-state index contributed by atoms with van der Waals surface area (Å²) in [7, 11) is 0. The third kappa shape index (κ3) is 14.2. The summed E-state index contributed by atoms with van der Waals surface area (Å²) in [5.74, 6) is 0. The first kappa shape index (κ1) is 21.4. The quantitative estimate of drug-likeness (QED) is 0.299. The Morgan fingerprint density at radius 1 is 1.25 bits per heavy atom. The standard InChI is InChI=1S/CH2O.Al.Li.4H/c1-2;;;;;;/h1H2;;;;;;. The van der Waals surface area contributed by atoms with Gasteiger partial charge in [-0.15, -0.1) is 0 Å². The van der Waals surface area contributed by atoms with Gasteiger partial charge in [-0.1, -0.05) is 0 Å². The molecule has 0 spiro atoms. The SMILES string of the molecule is C=O.[AlH3].[LiH]. The molecule has 0 heterocycles. The zero-order valence-electron chi connectivity index (χ0n) is 1.12. The molecule has 0 aliphatic rings. The zero-order valence-corrected chi connectivity index (χ0v) is 1.12. The van der Waals surface area contributed by atoms with Crippen molar-refractivity contribution in [3.05, 3.63) is 0 Å². The van der Waals surface area contributed by atoms with E-state index in [1.165, 1.54) is 0 Å². The summed E-state index contributed by atoms with van der Waals surface area (Å²) in [6, 6.07) is 0. The van der Waals surface area contributed by atoms with Crippen molar-refractivity contribution >= 4 is 43.0 Å². The third-order valence-electron chi connectivity index (χ3n) is 0. The van der Waals surface area contributed by atoms with Crippen LogP contribution in [0.2, 0.25) is 0 Å². The molecular weight excluding hydrogens is 61.9 g/mol. The van der Waals surface area contributed by atoms with Crippen LogP contribution >= 0.6 is 0 Å². The predicted molar refractivity (Wildman–Crippen MR) is 24.2 cm³/mol. The van der Waals surface area contributed by atoms with Crippen LogP contribution < -0.4 is 0 Å². The number of hydrogen-bond acceptors (Lipinski definition) is 1. The van der Waals surface area contributed by atoms with Crippen molar-refractivity contribution in [1.29, 1.82) is 0 Å². The molecule has 0 radical (unpaired) electrons. The molecule has 0 rings (SSSR count). The first-order valence-electron chi connectivity index (χ1n) is 0.289. The minimum absolute atomic E-state index is 0. The van der Waals surface area contributed by atoms with E-state index >= 15 is 0 Å². The van der Waals surface area contributed by atoms with Gasteiger partial charge in [-0.3, -0.25) is 0 Å². The Kier molecular flexibility index (Phi) is 249. The van der Waals surface area contributed by atoms with Crippen LogP contribution in [0, 0.1) is 0 Å². The van der Waals surface area contributed by atoms with E-state index < -0.39 is 0 Å². The van der Waals surface area contributed by atoms with Crippen molar-refractivity contribution in [3.63, 3.8) is 0 Å². The Bertz CT molecular complexity index is 8.00. The van der Waals surface area contributed by atoms with Crippen molar-refractivity contribution in [2.75, 3.05) is 0 Å². The summed E-state index contributed by atoms with van der Waals surface area (Å²) in [6.45, 7) is 2.00. The maximum atomic E-state index is 8.00. The van der Waals surface area contributed by atoms with Crippen molar-refractivity contribution < 1.29 is 4.79 Å². The van der Waals surface area contributed by atoms with Gasteiger partial charge in [-0.05, 0) is 0 Å². The Balaban J connectivity index is -0.00000000500. The van der Waals surface area contributed by atoms with E-state index in [4.69, 9.17) is 4.79 Å². The van der Waals surface area contributed by atoms with Gasteiger partial charge in [-0.25, -0.2) is 0 Å². The van der Waals surface area contributed by atoms with Gasteiger partial charge in [0.1, 0.15) is 6.79 Å². The summed E-state index contributed by atoms with van der Waals surface area (Å²) in [6.07, 6.45) is 0. The minimum atomic E-state index is 0. The van der Waals surface area contributed by atoms with Crippen LogP contribution in [0.15, 0.2) is 0 Å². The van der Waals surface area contributed by atoms with Gasteiger partial charge in [0, 0.05) is 0 Å². The fourth-order valence-electron chi connectivity index (χ4n) is 0. The molecule has 0 saturated carbocycles. The molecule has 0 aliphatic heterocycles. The van der Waals surface area contributed by atoms with E-state index in [1.54, 1.807) is 0 Å². The van der Waals surface area contributed by atoms with Crippen molar-refractivity contribution in [2.45, 2.75) is 0 Å². The maximum absolute atomic E-state index is 8.00. The molecule has 0 aromatic rings. The van der Waals surface area contributed by atoms with Crippen LogP contribution in [0.1, 0.15) is 0 Å². The second kappa shape index (κ2) is 46.6. The number of hydrogen-bond donors (Lipinski definition) is 0. The average molecular weight is 68.0 g/mol. The fraction of sp³-hybridized carbons (Fsp3) is 0. The zero-order chi connectivity index (χ0) is 2.00. The van der Waals surface area contributed by atoms with Gasteiger partial charge in [0.25, 0.3) is 0 Å². The van der Waals surface area contributed by atoms with Gasteiger partial charge in [-0.2, -0.15) is 0 Å². The van der Waals surface area contributed by atoms with Gasteiger partial charge < -0.3 is 4.79 Å². The van der Waals surface area contributed by atoms with E-state index in [0.29, 0.717) is 0 Å². The van der Waals surface area contributed by atoms with Gasteiger partial charge in [0.15, 0.2) is 17.4 Å². The van der Waals surface area contributed by atoms with Gasteiger partial charge in [0.2, 0.25) is 0 Å². The van der Waals surface area contributed by atoms with Crippen LogP contribution in [0.25, 0.3) is 0 Å². The summed E-state index contributed by atoms with van der Waals surface area (Å²) < 4.78 is 0. The first-order chi connectivity index (χ1) is 1.00. The molecule has 3 heteroatoms. The molecule has 0 aromatic heterocycles. The molecule has 0 unspecified atom stereocenters. The second-order valence-electron chi connectivity index (χ2n) is 0. The Hall–Kier alpha value is 0.800. The van der Waals surface area contributed by atoms with Crippen molar-refractivity contribution in [3.8, 4) is 0 Å². The average Bonchev–Trinajstić information content (AvgIpc) is 1.00. The molecule has 0 aliphatic carbocycles. The molecule has 20 valence electrons. The Morgan fingerprint density at radius 2 is 1.25 bits per heavy atom. The summed E-state index contributed by atoms with van der Waals surface area (Å²) in [5.41, 5.74) is 0. The Morgan fingerprint density at radius 3 is 1.25 bits per heavy atom. The van der Waals surface area contributed by atoms with Crippen LogP contribution in [0.3, 0.4) is 0 Å². The number of carbonyl (C=O) groups excluding carboxylic acids is 1. The van der Waals surface area contributed by atoms with Crippen LogP contribution in [0.4, 0.5) is 0 Å². The van der Waals surface area contributed by atoms with E-state index in [9.17, 15) is 0 Å². The predicted octanol–water partition coefficient (Wildman–Crippen LogP) is -2.02. The van der Waals surface area contributed by atoms with Gasteiger partial charge >= 0.3 is 18.9 Å². The molecule has 0 atom stereocenters. The summed E-state index contributed by atoms with van der Waals surface area (Å²) in [5, 5.41) is 0. The first-order valence-corrected chi connectivity index (χ1v) is 0.289. The van der Waals surface area contributed by atoms with Crippen LogP contribution in [0.5, 0.6) is 0 Å². The molecule has 1 nitrogen and oxygen atoms in total. The topological polar surface area (TPSA) is 17.1 Å². The summed E-state index contributed by atoms with van der Waals surface area (Å²) in [4.78, 5) is 8.00. The molecule has 0 N–H and O–H groups in total.